The molecule has 0 bridgehead atoms. The fourth-order valence-electron chi connectivity index (χ4n) is 5.83. The minimum absolute atomic E-state index is 0.0163. The molecule has 5 aromatic carbocycles. The van der Waals surface area contributed by atoms with E-state index in [9.17, 15) is 9.59 Å². The number of ketones is 2. The summed E-state index contributed by atoms with van der Waals surface area (Å²) in [5.74, 6) is 0.0326. The van der Waals surface area contributed by atoms with Crippen molar-refractivity contribution in [2.75, 3.05) is 0 Å². The zero-order chi connectivity index (χ0) is 29.7. The summed E-state index contributed by atoms with van der Waals surface area (Å²) in [6, 6.07) is 45.9. The Hall–Kier alpha value is -4.13. The lowest BCUT2D eigenvalue weighted by molar-refractivity contribution is 0.102. The second-order valence-corrected chi connectivity index (χ2v) is 21.8. The first-order valence-corrected chi connectivity index (χ1v) is 21.0. The Bertz CT molecular complexity index is 1550. The van der Waals surface area contributed by atoms with E-state index in [1.165, 1.54) is 10.4 Å². The maximum atomic E-state index is 14.2. The average molecular weight is 583 g/mol. The highest BCUT2D eigenvalue weighted by Gasteiger charge is 2.31. The fourth-order valence-corrected chi connectivity index (χ4v) is 10.9. The molecule has 0 N–H and O–H groups in total. The van der Waals surface area contributed by atoms with Crippen LogP contribution in [0.3, 0.4) is 0 Å². The lowest BCUT2D eigenvalue weighted by Gasteiger charge is -2.28. The molecule has 0 aromatic heterocycles. The van der Waals surface area contributed by atoms with E-state index in [0.717, 1.165) is 34.3 Å². The third kappa shape index (κ3) is 6.51. The molecule has 0 aliphatic carbocycles. The third-order valence-electron chi connectivity index (χ3n) is 8.27. The van der Waals surface area contributed by atoms with Gasteiger partial charge in [-0.05, 0) is 35.3 Å². The summed E-state index contributed by atoms with van der Waals surface area (Å²) >= 11 is 0. The van der Waals surface area contributed by atoms with Crippen molar-refractivity contribution in [2.45, 2.75) is 38.3 Å². The minimum Gasteiger partial charge on any atom is -0.289 e. The number of hydrogen-bond donors (Lipinski definition) is 0. The maximum Gasteiger partial charge on any atom is 0.193 e. The normalized spacial score (nSPS) is 11.7. The van der Waals surface area contributed by atoms with Crippen LogP contribution in [0, 0.1) is 0 Å². The molecular formula is C38H38O2Si2. The minimum atomic E-state index is -2.01. The maximum absolute atomic E-state index is 14.2. The van der Waals surface area contributed by atoms with Crippen LogP contribution in [0.15, 0.2) is 133 Å². The third-order valence-corrected chi connectivity index (χ3v) is 14.6. The Morgan fingerprint density at radius 2 is 0.738 bits per heavy atom. The summed E-state index contributed by atoms with van der Waals surface area (Å²) in [6.07, 6.45) is 0. The van der Waals surface area contributed by atoms with Gasteiger partial charge >= 0.3 is 0 Å². The van der Waals surface area contributed by atoms with Crippen molar-refractivity contribution in [1.82, 2.24) is 0 Å². The first kappa shape index (κ1) is 29.4. The van der Waals surface area contributed by atoms with Crippen molar-refractivity contribution in [2.24, 2.45) is 0 Å². The Morgan fingerprint density at radius 1 is 0.452 bits per heavy atom. The summed E-state index contributed by atoms with van der Waals surface area (Å²) < 4.78 is 0. The van der Waals surface area contributed by atoms with Crippen molar-refractivity contribution < 1.29 is 9.59 Å². The highest BCUT2D eigenvalue weighted by atomic mass is 28.3. The molecule has 0 aliphatic heterocycles. The van der Waals surface area contributed by atoms with Crippen LogP contribution in [0.25, 0.3) is 0 Å². The molecule has 0 fully saturated rings. The predicted molar refractivity (Wildman–Crippen MR) is 181 cm³/mol. The molecule has 0 atom stereocenters. The summed E-state index contributed by atoms with van der Waals surface area (Å²) in [5, 5.41) is 2.67. The first-order valence-electron chi connectivity index (χ1n) is 14.6. The average Bonchev–Trinajstić information content (AvgIpc) is 3.02. The lowest BCUT2D eigenvalue weighted by Crippen LogP contribution is -2.45. The van der Waals surface area contributed by atoms with Crippen molar-refractivity contribution in [3.8, 4) is 0 Å². The molecule has 0 unspecified atom stereocenters. The van der Waals surface area contributed by atoms with E-state index in [2.05, 4.69) is 86.9 Å². The predicted octanol–water partition coefficient (Wildman–Crippen LogP) is 7.54. The number of carbonyl (C=O) groups excluding carboxylic acids is 2. The topological polar surface area (TPSA) is 34.1 Å². The van der Waals surface area contributed by atoms with Gasteiger partial charge in [0.05, 0.1) is 16.1 Å². The lowest BCUT2D eigenvalue weighted by atomic mass is 9.91. The summed E-state index contributed by atoms with van der Waals surface area (Å²) in [5.41, 5.74) is 4.71. The molecule has 0 amide bonds. The van der Waals surface area contributed by atoms with E-state index < -0.39 is 16.1 Å². The Labute approximate surface area is 252 Å². The standard InChI is InChI=1S/C38H38O2Si2/c1-41(2,33-21-13-7-14-22-33)27-31-25-36(38(40)30-19-11-6-12-20-30)32(28-42(3,4)34-23-15-8-16-24-34)26-35(31)37(39)29-17-9-5-10-18-29/h5-26H,27-28H2,1-4H3. The van der Waals surface area contributed by atoms with Crippen LogP contribution in [0.2, 0.25) is 26.2 Å². The second-order valence-electron chi connectivity index (χ2n) is 12.4. The van der Waals surface area contributed by atoms with Crippen LogP contribution in [0.5, 0.6) is 0 Å². The van der Waals surface area contributed by atoms with Crippen LogP contribution in [-0.2, 0) is 12.1 Å². The van der Waals surface area contributed by atoms with Gasteiger partial charge in [-0.3, -0.25) is 9.59 Å². The van der Waals surface area contributed by atoms with Gasteiger partial charge in [-0.25, -0.2) is 0 Å². The number of hydrogen-bond acceptors (Lipinski definition) is 2. The molecule has 0 heterocycles. The SMILES string of the molecule is C[Si](C)(Cc1cc(C(=O)c2ccccc2)c(C[Si](C)(C)c2ccccc2)cc1C(=O)c1ccccc1)c1ccccc1. The van der Waals surface area contributed by atoms with E-state index in [-0.39, 0.29) is 11.6 Å². The summed E-state index contributed by atoms with van der Waals surface area (Å²) in [6.45, 7) is 9.38. The molecular weight excluding hydrogens is 545 g/mol. The van der Waals surface area contributed by atoms with E-state index in [4.69, 9.17) is 0 Å². The molecule has 0 saturated carbocycles. The van der Waals surface area contributed by atoms with E-state index in [1.54, 1.807) is 0 Å². The molecule has 210 valence electrons. The Morgan fingerprint density at radius 3 is 1.05 bits per heavy atom. The monoisotopic (exact) mass is 582 g/mol. The van der Waals surface area contributed by atoms with Gasteiger partial charge in [-0.15, -0.1) is 0 Å². The molecule has 2 nitrogen and oxygen atoms in total. The van der Waals surface area contributed by atoms with E-state index in [1.807, 2.05) is 72.8 Å². The molecule has 5 aromatic rings. The van der Waals surface area contributed by atoms with Gasteiger partial charge in [-0.2, -0.15) is 0 Å². The van der Waals surface area contributed by atoms with Crippen LogP contribution in [-0.4, -0.2) is 27.7 Å². The van der Waals surface area contributed by atoms with E-state index in [0.29, 0.717) is 11.1 Å². The second kappa shape index (κ2) is 12.4. The van der Waals surface area contributed by atoms with Crippen LogP contribution < -0.4 is 10.4 Å². The van der Waals surface area contributed by atoms with E-state index >= 15 is 0 Å². The Balaban J connectivity index is 1.70. The number of benzene rings is 5. The molecule has 5 rings (SSSR count). The zero-order valence-corrected chi connectivity index (χ0v) is 26.9. The van der Waals surface area contributed by atoms with Gasteiger partial charge in [0.25, 0.3) is 0 Å². The van der Waals surface area contributed by atoms with Crippen LogP contribution in [0.4, 0.5) is 0 Å². The smallest absolute Gasteiger partial charge is 0.193 e. The molecule has 42 heavy (non-hydrogen) atoms. The summed E-state index contributed by atoms with van der Waals surface area (Å²) in [7, 11) is -4.01. The molecule has 0 radical (unpaired) electrons. The van der Waals surface area contributed by atoms with Gasteiger partial charge in [0.15, 0.2) is 11.6 Å². The van der Waals surface area contributed by atoms with Gasteiger partial charge in [0.1, 0.15) is 0 Å². The van der Waals surface area contributed by atoms with Crippen molar-refractivity contribution in [3.63, 3.8) is 0 Å². The van der Waals surface area contributed by atoms with Crippen LogP contribution >= 0.6 is 0 Å². The fraction of sp³-hybridized carbons (Fsp3) is 0.158. The van der Waals surface area contributed by atoms with Crippen molar-refractivity contribution >= 4 is 38.1 Å². The van der Waals surface area contributed by atoms with Crippen molar-refractivity contribution in [3.05, 3.63) is 167 Å². The van der Waals surface area contributed by atoms with Crippen LogP contribution in [0.1, 0.15) is 43.0 Å². The quantitative estimate of drug-likeness (QED) is 0.126. The largest absolute Gasteiger partial charge is 0.289 e. The zero-order valence-electron chi connectivity index (χ0n) is 24.9. The van der Waals surface area contributed by atoms with Crippen molar-refractivity contribution in [1.29, 1.82) is 0 Å². The molecule has 0 spiro atoms. The Kier molecular flexibility index (Phi) is 8.67. The highest BCUT2D eigenvalue weighted by molar-refractivity contribution is 6.89. The summed E-state index contributed by atoms with van der Waals surface area (Å²) in [4.78, 5) is 28.3. The van der Waals surface area contributed by atoms with Gasteiger partial charge in [0.2, 0.25) is 0 Å². The molecule has 0 aliphatic rings. The van der Waals surface area contributed by atoms with Gasteiger partial charge < -0.3 is 0 Å². The first-order chi connectivity index (χ1) is 20.2. The highest BCUT2D eigenvalue weighted by Crippen LogP contribution is 2.28. The number of rotatable bonds is 10. The van der Waals surface area contributed by atoms with Gasteiger partial charge in [0, 0.05) is 22.3 Å². The van der Waals surface area contributed by atoms with Gasteiger partial charge in [-0.1, -0.05) is 158 Å². The molecule has 0 saturated heterocycles. The molecule has 4 heteroatoms. The number of carbonyl (C=O) groups is 2.